The van der Waals surface area contributed by atoms with E-state index < -0.39 is 17.0 Å². The number of hydrogen-bond donors (Lipinski definition) is 0. The fourth-order valence-electron chi connectivity index (χ4n) is 3.58. The number of benzene rings is 1. The summed E-state index contributed by atoms with van der Waals surface area (Å²) in [4.78, 5) is 0. The minimum Gasteiger partial charge on any atom is -0.397 e. The van der Waals surface area contributed by atoms with Crippen LogP contribution in [0.4, 0.5) is 5.69 Å². The lowest BCUT2D eigenvalue weighted by Gasteiger charge is -2.43. The van der Waals surface area contributed by atoms with Crippen LogP contribution in [0.25, 0.3) is 0 Å². The average molecular weight is 370 g/mol. The van der Waals surface area contributed by atoms with Crippen molar-refractivity contribution >= 4 is 22.7 Å². The Morgan fingerprint density at radius 2 is 1.33 bits per heavy atom. The smallest absolute Gasteiger partial charge is 0.397 e. The Labute approximate surface area is 150 Å². The number of nitrogens with zero attached hydrogens (tertiary/aromatic N) is 1. The summed E-state index contributed by atoms with van der Waals surface area (Å²) in [6.45, 7) is 8.10. The minimum absolute atomic E-state index is 0.849. The van der Waals surface area contributed by atoms with E-state index in [1.54, 1.807) is 21.3 Å². The van der Waals surface area contributed by atoms with E-state index in [1.807, 2.05) is 0 Å². The van der Waals surface area contributed by atoms with Crippen molar-refractivity contribution in [2.45, 2.75) is 51.4 Å². The molecule has 0 spiro atoms. The highest BCUT2D eigenvalue weighted by atomic mass is 28.4. The summed E-state index contributed by atoms with van der Waals surface area (Å²) in [7, 11) is 1.10. The first-order valence-corrected chi connectivity index (χ1v) is 13.5. The van der Waals surface area contributed by atoms with Gasteiger partial charge in [0.25, 0.3) is 0 Å². The third-order valence-corrected chi connectivity index (χ3v) is 13.8. The van der Waals surface area contributed by atoms with Crippen molar-refractivity contribution in [3.8, 4) is 0 Å². The van der Waals surface area contributed by atoms with Crippen molar-refractivity contribution < 1.29 is 13.3 Å². The van der Waals surface area contributed by atoms with Gasteiger partial charge in [0.05, 0.1) is 0 Å². The van der Waals surface area contributed by atoms with Crippen molar-refractivity contribution in [1.29, 1.82) is 0 Å². The molecule has 1 aromatic carbocycles. The van der Waals surface area contributed by atoms with E-state index in [0.29, 0.717) is 0 Å². The lowest BCUT2D eigenvalue weighted by atomic mass is 10.3. The summed E-state index contributed by atoms with van der Waals surface area (Å²) in [5, 5.41) is 0. The maximum Gasteiger partial charge on any atom is 0.500 e. The van der Waals surface area contributed by atoms with Gasteiger partial charge in [0.2, 0.25) is 0 Å². The number of rotatable bonds is 12. The van der Waals surface area contributed by atoms with Gasteiger partial charge in [0, 0.05) is 39.6 Å². The van der Waals surface area contributed by atoms with Gasteiger partial charge in [-0.25, -0.2) is 0 Å². The molecule has 1 aromatic rings. The second kappa shape index (κ2) is 10.4. The number of hydrogen-bond acceptors (Lipinski definition) is 4. The quantitative estimate of drug-likeness (QED) is 0.497. The molecule has 1 rings (SSSR count). The largest absolute Gasteiger partial charge is 0.500 e. The van der Waals surface area contributed by atoms with E-state index in [0.717, 1.165) is 19.0 Å². The average Bonchev–Trinajstić information content (AvgIpc) is 2.66. The molecule has 138 valence electrons. The minimum atomic E-state index is -2.49. The summed E-state index contributed by atoms with van der Waals surface area (Å²) in [5.41, 5.74) is 1.36. The zero-order valence-electron chi connectivity index (χ0n) is 16.3. The van der Waals surface area contributed by atoms with Crippen LogP contribution in [-0.2, 0) is 13.3 Å². The van der Waals surface area contributed by atoms with Crippen LogP contribution in [0, 0.1) is 0 Å². The van der Waals surface area contributed by atoms with Crippen LogP contribution in [0.15, 0.2) is 30.3 Å². The lowest BCUT2D eigenvalue weighted by molar-refractivity contribution is 0.123. The molecule has 0 saturated heterocycles. The normalized spacial score (nSPS) is 12.4. The molecule has 0 aliphatic rings. The third kappa shape index (κ3) is 4.92. The van der Waals surface area contributed by atoms with E-state index in [-0.39, 0.29) is 0 Å². The molecule has 0 heterocycles. The molecule has 24 heavy (non-hydrogen) atoms. The molecule has 4 nitrogen and oxygen atoms in total. The molecule has 0 N–H and O–H groups in total. The topological polar surface area (TPSA) is 30.9 Å². The van der Waals surface area contributed by atoms with Gasteiger partial charge in [-0.3, -0.25) is 0 Å². The van der Waals surface area contributed by atoms with Crippen molar-refractivity contribution in [2.24, 2.45) is 0 Å². The van der Waals surface area contributed by atoms with E-state index in [1.165, 1.54) is 23.8 Å². The molecule has 0 bridgehead atoms. The third-order valence-electron chi connectivity index (χ3n) is 5.41. The zero-order chi connectivity index (χ0) is 18.1. The first-order chi connectivity index (χ1) is 11.6. The predicted molar refractivity (Wildman–Crippen MR) is 107 cm³/mol. The van der Waals surface area contributed by atoms with Crippen LogP contribution in [0.2, 0.25) is 24.2 Å². The Kier molecular flexibility index (Phi) is 9.22. The van der Waals surface area contributed by atoms with Gasteiger partial charge in [0.15, 0.2) is 8.24 Å². The second-order valence-electron chi connectivity index (χ2n) is 6.17. The molecular weight excluding hydrogens is 334 g/mol. The van der Waals surface area contributed by atoms with Gasteiger partial charge in [0.1, 0.15) is 0 Å². The van der Waals surface area contributed by atoms with Crippen LogP contribution in [-0.4, -0.2) is 44.9 Å². The first kappa shape index (κ1) is 21.4. The fourth-order valence-corrected chi connectivity index (χ4v) is 9.26. The van der Waals surface area contributed by atoms with Gasteiger partial charge < -0.3 is 17.8 Å². The van der Waals surface area contributed by atoms with Crippen LogP contribution in [0.5, 0.6) is 0 Å². The van der Waals surface area contributed by atoms with Crippen LogP contribution >= 0.6 is 0 Å². The standard InChI is InChI=1S/C18H35NO3Si2/c1-7-23(8-2,9-3)19(18-14-11-10-12-15-18)16-13-17-24(20-4,21-5)22-6/h10-12,14-15H,7-9,13,16-17H2,1-6H3. The molecule has 0 aliphatic heterocycles. The Bertz CT molecular complexity index is 434. The van der Waals surface area contributed by atoms with Crippen LogP contribution in [0.3, 0.4) is 0 Å². The highest BCUT2D eigenvalue weighted by Crippen LogP contribution is 2.31. The van der Waals surface area contributed by atoms with Crippen molar-refractivity contribution in [3.63, 3.8) is 0 Å². The van der Waals surface area contributed by atoms with E-state index >= 15 is 0 Å². The summed E-state index contributed by atoms with van der Waals surface area (Å²) in [6.07, 6.45) is 1.02. The van der Waals surface area contributed by atoms with Gasteiger partial charge >= 0.3 is 8.80 Å². The van der Waals surface area contributed by atoms with Gasteiger partial charge in [-0.05, 0) is 36.7 Å². The Hall–Kier alpha value is -0.666. The van der Waals surface area contributed by atoms with Gasteiger partial charge in [-0.15, -0.1) is 0 Å². The zero-order valence-corrected chi connectivity index (χ0v) is 18.3. The molecule has 0 unspecified atom stereocenters. The molecule has 0 fully saturated rings. The monoisotopic (exact) mass is 369 g/mol. The maximum atomic E-state index is 5.58. The molecule has 0 aliphatic carbocycles. The highest BCUT2D eigenvalue weighted by Gasteiger charge is 2.39. The van der Waals surface area contributed by atoms with Crippen LogP contribution in [0.1, 0.15) is 27.2 Å². The molecule has 6 heteroatoms. The molecule has 0 radical (unpaired) electrons. The Morgan fingerprint density at radius 1 is 0.833 bits per heavy atom. The Balaban J connectivity index is 2.95. The van der Waals surface area contributed by atoms with Gasteiger partial charge in [-0.2, -0.15) is 0 Å². The number of para-hydroxylation sites is 1. The predicted octanol–water partition coefficient (Wildman–Crippen LogP) is 4.77. The summed E-state index contributed by atoms with van der Waals surface area (Å²) in [5.74, 6) is 0. The molecular formula is C18H35NO3Si2. The summed E-state index contributed by atoms with van der Waals surface area (Å²) < 4.78 is 19.4. The lowest BCUT2D eigenvalue weighted by Crippen LogP contribution is -2.53. The molecule has 0 atom stereocenters. The van der Waals surface area contributed by atoms with Crippen molar-refractivity contribution in [3.05, 3.63) is 30.3 Å². The van der Waals surface area contributed by atoms with Crippen molar-refractivity contribution in [2.75, 3.05) is 32.4 Å². The molecule has 0 aromatic heterocycles. The number of anilines is 1. The SMILES string of the molecule is CC[Si](CC)(CC)N(CCC[Si](OC)(OC)OC)c1ccccc1. The first-order valence-electron chi connectivity index (χ1n) is 9.05. The second-order valence-corrected chi connectivity index (χ2v) is 14.4. The van der Waals surface area contributed by atoms with Crippen molar-refractivity contribution in [1.82, 2.24) is 0 Å². The Morgan fingerprint density at radius 3 is 1.75 bits per heavy atom. The van der Waals surface area contributed by atoms with Gasteiger partial charge in [-0.1, -0.05) is 39.0 Å². The molecule has 0 saturated carbocycles. The van der Waals surface area contributed by atoms with Crippen LogP contribution < -0.4 is 4.57 Å². The van der Waals surface area contributed by atoms with E-state index in [9.17, 15) is 0 Å². The highest BCUT2D eigenvalue weighted by molar-refractivity contribution is 6.83. The summed E-state index contributed by atoms with van der Waals surface area (Å²) >= 11 is 0. The summed E-state index contributed by atoms with van der Waals surface area (Å²) in [6, 6.07) is 15.5. The van der Waals surface area contributed by atoms with E-state index in [2.05, 4.69) is 55.7 Å². The maximum absolute atomic E-state index is 5.58. The van der Waals surface area contributed by atoms with E-state index in [4.69, 9.17) is 13.3 Å². The fraction of sp³-hybridized carbons (Fsp3) is 0.667. The molecule has 0 amide bonds.